The Labute approximate surface area is 107 Å². The van der Waals surface area contributed by atoms with E-state index in [1.807, 2.05) is 32.1 Å². The SMILES string of the molecule is CCC1=CC(CC(=O)O)C(CC)(CC(=O)O)C=C1. The van der Waals surface area contributed by atoms with Crippen LogP contribution in [0, 0.1) is 11.3 Å². The molecule has 0 fully saturated rings. The molecule has 0 amide bonds. The molecule has 0 aliphatic heterocycles. The van der Waals surface area contributed by atoms with Gasteiger partial charge in [0.1, 0.15) is 0 Å². The summed E-state index contributed by atoms with van der Waals surface area (Å²) >= 11 is 0. The van der Waals surface area contributed by atoms with Crippen molar-refractivity contribution in [3.63, 3.8) is 0 Å². The Bertz CT molecular complexity index is 395. The highest BCUT2D eigenvalue weighted by atomic mass is 16.4. The average Bonchev–Trinajstić information content (AvgIpc) is 2.30. The number of allylic oxidation sites excluding steroid dienone is 4. The van der Waals surface area contributed by atoms with Crippen molar-refractivity contribution in [3.8, 4) is 0 Å². The molecular weight excluding hydrogens is 232 g/mol. The van der Waals surface area contributed by atoms with Gasteiger partial charge in [-0.1, -0.05) is 37.6 Å². The van der Waals surface area contributed by atoms with Crippen molar-refractivity contribution in [2.24, 2.45) is 11.3 Å². The van der Waals surface area contributed by atoms with Crippen LogP contribution in [-0.4, -0.2) is 22.2 Å². The lowest BCUT2D eigenvalue weighted by atomic mass is 9.66. The second kappa shape index (κ2) is 5.85. The third kappa shape index (κ3) is 3.22. The maximum Gasteiger partial charge on any atom is 0.304 e. The molecular formula is C14H20O4. The fourth-order valence-corrected chi connectivity index (χ4v) is 2.54. The zero-order valence-corrected chi connectivity index (χ0v) is 10.8. The van der Waals surface area contributed by atoms with Gasteiger partial charge in [-0.15, -0.1) is 0 Å². The molecule has 0 aromatic carbocycles. The van der Waals surface area contributed by atoms with Crippen LogP contribution in [0.25, 0.3) is 0 Å². The van der Waals surface area contributed by atoms with Crippen LogP contribution in [0.3, 0.4) is 0 Å². The number of rotatable bonds is 6. The molecule has 0 saturated heterocycles. The molecule has 1 aliphatic rings. The van der Waals surface area contributed by atoms with E-state index in [-0.39, 0.29) is 18.8 Å². The highest BCUT2D eigenvalue weighted by Crippen LogP contribution is 2.43. The molecule has 0 bridgehead atoms. The largest absolute Gasteiger partial charge is 0.481 e. The third-order valence-electron chi connectivity index (χ3n) is 3.72. The van der Waals surface area contributed by atoms with E-state index in [2.05, 4.69) is 0 Å². The number of carboxylic acid groups (broad SMARTS) is 2. The van der Waals surface area contributed by atoms with Crippen LogP contribution in [0.1, 0.15) is 39.5 Å². The predicted molar refractivity (Wildman–Crippen MR) is 68.2 cm³/mol. The minimum atomic E-state index is -0.884. The molecule has 4 nitrogen and oxygen atoms in total. The highest BCUT2D eigenvalue weighted by molar-refractivity contribution is 5.70. The van der Waals surface area contributed by atoms with Gasteiger partial charge in [0, 0.05) is 5.41 Å². The molecule has 2 N–H and O–H groups in total. The van der Waals surface area contributed by atoms with E-state index in [1.54, 1.807) is 0 Å². The van der Waals surface area contributed by atoms with E-state index in [1.165, 1.54) is 0 Å². The van der Waals surface area contributed by atoms with Gasteiger partial charge >= 0.3 is 11.9 Å². The molecule has 0 radical (unpaired) electrons. The first-order valence-corrected chi connectivity index (χ1v) is 6.27. The second-order valence-corrected chi connectivity index (χ2v) is 4.79. The first kappa shape index (κ1) is 14.5. The van der Waals surface area contributed by atoms with E-state index in [0.717, 1.165) is 12.0 Å². The van der Waals surface area contributed by atoms with Gasteiger partial charge < -0.3 is 10.2 Å². The first-order chi connectivity index (χ1) is 8.43. The summed E-state index contributed by atoms with van der Waals surface area (Å²) in [5.74, 6) is -2.01. The molecule has 0 aromatic heterocycles. The number of carboxylic acids is 2. The minimum Gasteiger partial charge on any atom is -0.481 e. The molecule has 0 aromatic rings. The van der Waals surface area contributed by atoms with Crippen LogP contribution in [0.4, 0.5) is 0 Å². The lowest BCUT2D eigenvalue weighted by Crippen LogP contribution is -2.33. The van der Waals surface area contributed by atoms with Crippen molar-refractivity contribution in [3.05, 3.63) is 23.8 Å². The van der Waals surface area contributed by atoms with Gasteiger partial charge in [-0.3, -0.25) is 9.59 Å². The first-order valence-electron chi connectivity index (χ1n) is 6.27. The van der Waals surface area contributed by atoms with Crippen LogP contribution in [0.2, 0.25) is 0 Å². The number of hydrogen-bond donors (Lipinski definition) is 2. The fourth-order valence-electron chi connectivity index (χ4n) is 2.54. The highest BCUT2D eigenvalue weighted by Gasteiger charge is 2.38. The molecule has 4 heteroatoms. The maximum absolute atomic E-state index is 11.0. The Morgan fingerprint density at radius 2 is 1.94 bits per heavy atom. The molecule has 0 heterocycles. The van der Waals surface area contributed by atoms with Crippen LogP contribution in [0.15, 0.2) is 23.8 Å². The van der Waals surface area contributed by atoms with E-state index in [0.29, 0.717) is 6.42 Å². The molecule has 2 unspecified atom stereocenters. The Morgan fingerprint density at radius 1 is 1.28 bits per heavy atom. The van der Waals surface area contributed by atoms with E-state index in [9.17, 15) is 9.59 Å². The zero-order chi connectivity index (χ0) is 13.8. The molecule has 0 spiro atoms. The number of hydrogen-bond acceptors (Lipinski definition) is 2. The van der Waals surface area contributed by atoms with Crippen molar-refractivity contribution in [1.82, 2.24) is 0 Å². The smallest absolute Gasteiger partial charge is 0.304 e. The summed E-state index contributed by atoms with van der Waals surface area (Å²) in [5, 5.41) is 18.0. The molecule has 1 rings (SSSR count). The Hall–Kier alpha value is -1.58. The lowest BCUT2D eigenvalue weighted by molar-refractivity contribution is -0.142. The quantitative estimate of drug-likeness (QED) is 0.762. The Kier molecular flexibility index (Phi) is 4.70. The Balaban J connectivity index is 3.06. The normalized spacial score (nSPS) is 26.8. The minimum absolute atomic E-state index is 0.0189. The molecule has 2 atom stereocenters. The topological polar surface area (TPSA) is 74.6 Å². The average molecular weight is 252 g/mol. The summed E-state index contributed by atoms with van der Waals surface area (Å²) in [7, 11) is 0. The van der Waals surface area contributed by atoms with Gasteiger partial charge in [0.25, 0.3) is 0 Å². The van der Waals surface area contributed by atoms with Gasteiger partial charge in [0.05, 0.1) is 12.8 Å². The van der Waals surface area contributed by atoms with Crippen LogP contribution >= 0.6 is 0 Å². The predicted octanol–water partition coefficient (Wildman–Crippen LogP) is 2.85. The van der Waals surface area contributed by atoms with Crippen molar-refractivity contribution in [2.45, 2.75) is 39.5 Å². The second-order valence-electron chi connectivity index (χ2n) is 4.79. The van der Waals surface area contributed by atoms with Crippen molar-refractivity contribution < 1.29 is 19.8 Å². The van der Waals surface area contributed by atoms with Gasteiger partial charge in [-0.05, 0) is 18.8 Å². The summed E-state index contributed by atoms with van der Waals surface area (Å²) < 4.78 is 0. The summed E-state index contributed by atoms with van der Waals surface area (Å²) in [5.41, 5.74) is 0.513. The molecule has 100 valence electrons. The van der Waals surface area contributed by atoms with Crippen LogP contribution < -0.4 is 0 Å². The zero-order valence-electron chi connectivity index (χ0n) is 10.8. The number of aliphatic carboxylic acids is 2. The molecule has 1 aliphatic carbocycles. The molecule has 18 heavy (non-hydrogen) atoms. The van der Waals surface area contributed by atoms with Crippen molar-refractivity contribution in [1.29, 1.82) is 0 Å². The van der Waals surface area contributed by atoms with Crippen LogP contribution in [-0.2, 0) is 9.59 Å². The summed E-state index contributed by atoms with van der Waals surface area (Å²) in [6.45, 7) is 3.91. The van der Waals surface area contributed by atoms with Gasteiger partial charge in [-0.2, -0.15) is 0 Å². The standard InChI is InChI=1S/C14H20O4/c1-3-10-5-6-14(4-2,9-13(17)18)11(7-10)8-12(15)16/h5-7,11H,3-4,8-9H2,1-2H3,(H,15,16)(H,17,18). The summed E-state index contributed by atoms with van der Waals surface area (Å²) in [4.78, 5) is 22.0. The number of carbonyl (C=O) groups is 2. The van der Waals surface area contributed by atoms with Gasteiger partial charge in [0.2, 0.25) is 0 Å². The van der Waals surface area contributed by atoms with E-state index >= 15 is 0 Å². The monoisotopic (exact) mass is 252 g/mol. The lowest BCUT2D eigenvalue weighted by Gasteiger charge is -2.37. The van der Waals surface area contributed by atoms with Gasteiger partial charge in [0.15, 0.2) is 0 Å². The van der Waals surface area contributed by atoms with E-state index in [4.69, 9.17) is 10.2 Å². The third-order valence-corrected chi connectivity index (χ3v) is 3.72. The summed E-state index contributed by atoms with van der Waals surface area (Å²) in [6.07, 6.45) is 7.18. The summed E-state index contributed by atoms with van der Waals surface area (Å²) in [6, 6.07) is 0. The fraction of sp³-hybridized carbons (Fsp3) is 0.571. The van der Waals surface area contributed by atoms with Crippen molar-refractivity contribution in [2.75, 3.05) is 0 Å². The van der Waals surface area contributed by atoms with Crippen molar-refractivity contribution >= 4 is 11.9 Å². The van der Waals surface area contributed by atoms with E-state index < -0.39 is 17.4 Å². The van der Waals surface area contributed by atoms with Crippen LogP contribution in [0.5, 0.6) is 0 Å². The Morgan fingerprint density at radius 3 is 2.39 bits per heavy atom. The van der Waals surface area contributed by atoms with Gasteiger partial charge in [-0.25, -0.2) is 0 Å². The molecule has 0 saturated carbocycles. The maximum atomic E-state index is 11.0.